The first-order chi connectivity index (χ1) is 18.5. The van der Waals surface area contributed by atoms with Gasteiger partial charge in [-0.25, -0.2) is 4.98 Å². The van der Waals surface area contributed by atoms with Gasteiger partial charge in [-0.1, -0.05) is 12.1 Å². The molecule has 192 valence electrons. The van der Waals surface area contributed by atoms with Crippen LogP contribution >= 0.6 is 0 Å². The SMILES string of the molecule is COc1ccc(CN2CC(c3ccc(-c4ccc(-c5cc(OC)c6nn(C)cc6c5)cc4O)nn3)C2)cn1. The minimum absolute atomic E-state index is 0.151. The second-order valence-corrected chi connectivity index (χ2v) is 9.59. The van der Waals surface area contributed by atoms with Crippen molar-refractivity contribution in [3.8, 4) is 39.8 Å². The van der Waals surface area contributed by atoms with E-state index in [0.29, 0.717) is 28.8 Å². The first-order valence-electron chi connectivity index (χ1n) is 12.4. The van der Waals surface area contributed by atoms with Gasteiger partial charge in [0.25, 0.3) is 0 Å². The minimum atomic E-state index is 0.151. The number of methoxy groups -OCH3 is 2. The number of aromatic nitrogens is 5. The van der Waals surface area contributed by atoms with Crippen LogP contribution in [-0.4, -0.2) is 62.3 Å². The molecule has 1 aliphatic heterocycles. The van der Waals surface area contributed by atoms with Crippen molar-refractivity contribution in [1.82, 2.24) is 29.9 Å². The van der Waals surface area contributed by atoms with E-state index in [4.69, 9.17) is 9.47 Å². The molecule has 0 saturated carbocycles. The maximum Gasteiger partial charge on any atom is 0.212 e. The lowest BCUT2D eigenvalue weighted by atomic mass is 9.95. The fourth-order valence-corrected chi connectivity index (χ4v) is 4.95. The van der Waals surface area contributed by atoms with E-state index in [-0.39, 0.29) is 5.75 Å². The normalized spacial score (nSPS) is 14.0. The number of benzene rings is 2. The summed E-state index contributed by atoms with van der Waals surface area (Å²) in [4.78, 5) is 6.63. The predicted octanol–water partition coefficient (Wildman–Crippen LogP) is 4.41. The third-order valence-electron chi connectivity index (χ3n) is 6.99. The smallest absolute Gasteiger partial charge is 0.212 e. The Balaban J connectivity index is 1.14. The maximum absolute atomic E-state index is 10.9. The molecule has 3 aromatic heterocycles. The van der Waals surface area contributed by atoms with Crippen LogP contribution in [0.1, 0.15) is 17.2 Å². The van der Waals surface area contributed by atoms with Crippen LogP contribution in [0.25, 0.3) is 33.3 Å². The van der Waals surface area contributed by atoms with Crippen molar-refractivity contribution in [3.63, 3.8) is 0 Å². The zero-order valence-corrected chi connectivity index (χ0v) is 21.5. The molecule has 1 fully saturated rings. The van der Waals surface area contributed by atoms with Crippen LogP contribution in [0.4, 0.5) is 0 Å². The second-order valence-electron chi connectivity index (χ2n) is 9.59. The molecule has 0 amide bonds. The average Bonchev–Trinajstić information content (AvgIpc) is 3.30. The molecule has 9 nitrogen and oxygen atoms in total. The summed E-state index contributed by atoms with van der Waals surface area (Å²) in [5.41, 5.74) is 6.02. The number of nitrogens with zero attached hydrogens (tertiary/aromatic N) is 6. The molecule has 6 rings (SSSR count). The van der Waals surface area contributed by atoms with Crippen molar-refractivity contribution in [1.29, 1.82) is 0 Å². The standard InChI is InChI=1S/C29H28N6O3/c1-34-15-21-10-20(12-27(37-2)29(21)33-34)19-5-6-23(26(36)11-19)25-8-7-24(31-32-25)22-16-35(17-22)14-18-4-9-28(38-3)30-13-18/h4-13,15,22,36H,14,16-17H2,1-3H3. The Labute approximate surface area is 220 Å². The van der Waals surface area contributed by atoms with E-state index in [9.17, 15) is 5.11 Å². The number of phenols is 1. The van der Waals surface area contributed by atoms with Crippen molar-refractivity contribution in [2.75, 3.05) is 27.3 Å². The number of hydrogen-bond acceptors (Lipinski definition) is 8. The third kappa shape index (κ3) is 4.52. The van der Waals surface area contributed by atoms with Gasteiger partial charge < -0.3 is 14.6 Å². The van der Waals surface area contributed by atoms with E-state index >= 15 is 0 Å². The van der Waals surface area contributed by atoms with Crippen LogP contribution in [0, 0.1) is 0 Å². The molecule has 1 aliphatic rings. The molecule has 0 radical (unpaired) electrons. The van der Waals surface area contributed by atoms with Gasteiger partial charge in [-0.15, -0.1) is 0 Å². The molecule has 1 N–H and O–H groups in total. The highest BCUT2D eigenvalue weighted by Crippen LogP contribution is 2.36. The van der Waals surface area contributed by atoms with Gasteiger partial charge in [-0.05, 0) is 53.1 Å². The molecule has 9 heteroatoms. The summed E-state index contributed by atoms with van der Waals surface area (Å²) in [6, 6.07) is 17.4. The molecule has 1 saturated heterocycles. The van der Waals surface area contributed by atoms with E-state index in [1.807, 2.05) is 68.0 Å². The van der Waals surface area contributed by atoms with Crippen LogP contribution in [0.3, 0.4) is 0 Å². The van der Waals surface area contributed by atoms with Crippen LogP contribution in [0.15, 0.2) is 67.0 Å². The van der Waals surface area contributed by atoms with Crippen molar-refractivity contribution >= 4 is 10.9 Å². The molecule has 0 spiro atoms. The Morgan fingerprint density at radius 1 is 0.947 bits per heavy atom. The summed E-state index contributed by atoms with van der Waals surface area (Å²) in [6.45, 7) is 2.69. The number of phenolic OH excluding ortho intramolecular Hbond substituents is 1. The Hall–Kier alpha value is -4.50. The van der Waals surface area contributed by atoms with Gasteiger partial charge in [0.2, 0.25) is 5.88 Å². The molecule has 0 bridgehead atoms. The Bertz CT molecular complexity index is 1590. The van der Waals surface area contributed by atoms with Crippen molar-refractivity contribution in [3.05, 3.63) is 78.2 Å². The Morgan fingerprint density at radius 3 is 2.50 bits per heavy atom. The predicted molar refractivity (Wildman–Crippen MR) is 144 cm³/mol. The second kappa shape index (κ2) is 9.75. The molecule has 2 aromatic carbocycles. The lowest BCUT2D eigenvalue weighted by Gasteiger charge is -2.38. The topological polar surface area (TPSA) is 98.4 Å². The van der Waals surface area contributed by atoms with E-state index in [0.717, 1.165) is 52.9 Å². The first kappa shape index (κ1) is 23.9. The number of rotatable bonds is 7. The molecular formula is C29H28N6O3. The molecule has 0 aliphatic carbocycles. The average molecular weight is 509 g/mol. The fraction of sp³-hybridized carbons (Fsp3) is 0.241. The Morgan fingerprint density at radius 2 is 1.82 bits per heavy atom. The van der Waals surface area contributed by atoms with Crippen LogP contribution in [0.2, 0.25) is 0 Å². The molecule has 4 heterocycles. The molecule has 0 atom stereocenters. The van der Waals surface area contributed by atoms with Gasteiger partial charge in [-0.2, -0.15) is 15.3 Å². The van der Waals surface area contributed by atoms with Crippen molar-refractivity contribution in [2.45, 2.75) is 12.5 Å². The quantitative estimate of drug-likeness (QED) is 0.345. The summed E-state index contributed by atoms with van der Waals surface area (Å²) in [7, 11) is 5.13. The summed E-state index contributed by atoms with van der Waals surface area (Å²) in [5.74, 6) is 1.81. The van der Waals surface area contributed by atoms with Gasteiger partial charge in [0.1, 0.15) is 17.0 Å². The monoisotopic (exact) mass is 508 g/mol. The van der Waals surface area contributed by atoms with E-state index in [1.165, 1.54) is 0 Å². The number of likely N-dealkylation sites (tertiary alicyclic amines) is 1. The lowest BCUT2D eigenvalue weighted by molar-refractivity contribution is 0.136. The van der Waals surface area contributed by atoms with E-state index in [2.05, 4.69) is 25.2 Å². The summed E-state index contributed by atoms with van der Waals surface area (Å²) >= 11 is 0. The molecule has 0 unspecified atom stereocenters. The van der Waals surface area contributed by atoms with Crippen LogP contribution in [-0.2, 0) is 13.6 Å². The molecule has 5 aromatic rings. The summed E-state index contributed by atoms with van der Waals surface area (Å²) < 4.78 is 12.4. The molecule has 38 heavy (non-hydrogen) atoms. The van der Waals surface area contributed by atoms with Gasteiger partial charge in [0, 0.05) is 62.0 Å². The number of ether oxygens (including phenoxy) is 2. The zero-order chi connectivity index (χ0) is 26.2. The van der Waals surface area contributed by atoms with Gasteiger partial charge in [0.05, 0.1) is 25.6 Å². The van der Waals surface area contributed by atoms with Crippen molar-refractivity contribution < 1.29 is 14.6 Å². The van der Waals surface area contributed by atoms with Crippen LogP contribution in [0.5, 0.6) is 17.4 Å². The van der Waals surface area contributed by atoms with Gasteiger partial charge >= 0.3 is 0 Å². The van der Waals surface area contributed by atoms with E-state index < -0.39 is 0 Å². The van der Waals surface area contributed by atoms with E-state index in [1.54, 1.807) is 25.0 Å². The van der Waals surface area contributed by atoms with Gasteiger partial charge in [-0.3, -0.25) is 9.58 Å². The fourth-order valence-electron chi connectivity index (χ4n) is 4.95. The number of aryl methyl sites for hydroxylation is 1. The number of fused-ring (bicyclic) bond motifs is 1. The highest BCUT2D eigenvalue weighted by atomic mass is 16.5. The van der Waals surface area contributed by atoms with Crippen molar-refractivity contribution in [2.24, 2.45) is 7.05 Å². The van der Waals surface area contributed by atoms with Crippen LogP contribution < -0.4 is 9.47 Å². The first-order valence-corrected chi connectivity index (χ1v) is 12.4. The van der Waals surface area contributed by atoms with Gasteiger partial charge in [0.15, 0.2) is 0 Å². The number of hydrogen-bond donors (Lipinski definition) is 1. The number of pyridine rings is 1. The highest BCUT2D eigenvalue weighted by molar-refractivity contribution is 5.90. The minimum Gasteiger partial charge on any atom is -0.507 e. The lowest BCUT2D eigenvalue weighted by Crippen LogP contribution is -2.44. The Kier molecular flexibility index (Phi) is 6.13. The highest BCUT2D eigenvalue weighted by Gasteiger charge is 2.29. The maximum atomic E-state index is 10.9. The summed E-state index contributed by atoms with van der Waals surface area (Å²) in [6.07, 6.45) is 3.80. The summed E-state index contributed by atoms with van der Waals surface area (Å²) in [5, 5.41) is 25.2. The molecular weight excluding hydrogens is 480 g/mol. The largest absolute Gasteiger partial charge is 0.507 e. The zero-order valence-electron chi connectivity index (χ0n) is 21.5. The third-order valence-corrected chi connectivity index (χ3v) is 6.99. The number of aromatic hydroxyl groups is 1.